The van der Waals surface area contributed by atoms with Gasteiger partial charge in [0, 0.05) is 10.9 Å². The van der Waals surface area contributed by atoms with E-state index in [0.29, 0.717) is 4.90 Å². The summed E-state index contributed by atoms with van der Waals surface area (Å²) < 4.78 is 28.2. The largest absolute Gasteiger partial charge is 0.241 e. The molecule has 0 radical (unpaired) electrons. The van der Waals surface area contributed by atoms with Crippen molar-refractivity contribution in [2.24, 2.45) is 0 Å². The monoisotopic (exact) mass is 319 g/mol. The van der Waals surface area contributed by atoms with E-state index in [0.717, 1.165) is 16.3 Å². The van der Waals surface area contributed by atoms with Crippen molar-refractivity contribution in [2.45, 2.75) is 57.4 Å². The Morgan fingerprint density at radius 1 is 0.818 bits per heavy atom. The maximum absolute atomic E-state index is 12.7. The van der Waals surface area contributed by atoms with Crippen LogP contribution in [0.15, 0.2) is 41.3 Å². The molecule has 0 aromatic heterocycles. The summed E-state index contributed by atoms with van der Waals surface area (Å²) in [6.45, 7) is 11.9. The molecule has 0 spiro atoms. The average Bonchev–Trinajstić information content (AvgIpc) is 2.33. The van der Waals surface area contributed by atoms with Crippen molar-refractivity contribution in [2.75, 3.05) is 0 Å². The normalized spacial score (nSPS) is 13.5. The predicted molar refractivity (Wildman–Crippen MR) is 92.7 cm³/mol. The van der Waals surface area contributed by atoms with Gasteiger partial charge in [-0.05, 0) is 43.2 Å². The van der Waals surface area contributed by atoms with Crippen LogP contribution in [0.1, 0.15) is 47.1 Å². The van der Waals surface area contributed by atoms with Crippen LogP contribution in [0, 0.1) is 0 Å². The second kappa shape index (κ2) is 5.36. The molecule has 22 heavy (non-hydrogen) atoms. The summed E-state index contributed by atoms with van der Waals surface area (Å²) in [5.41, 5.74) is 0.597. The molecule has 2 aromatic rings. The summed E-state index contributed by atoms with van der Waals surface area (Å²) in [6, 6.07) is 11.3. The SMILES string of the molecule is CC(C)(C)NS(=O)(=O)c1ccc(C(C)(C)C)c2ccccc12. The molecule has 0 heterocycles. The average molecular weight is 319 g/mol. The predicted octanol–water partition coefficient (Wildman–Crippen LogP) is 4.21. The van der Waals surface area contributed by atoms with Gasteiger partial charge in [-0.25, -0.2) is 13.1 Å². The van der Waals surface area contributed by atoms with Crippen molar-refractivity contribution in [3.63, 3.8) is 0 Å². The zero-order chi connectivity index (χ0) is 16.8. The summed E-state index contributed by atoms with van der Waals surface area (Å²) in [5.74, 6) is 0. The van der Waals surface area contributed by atoms with E-state index in [1.165, 1.54) is 0 Å². The summed E-state index contributed by atoms with van der Waals surface area (Å²) >= 11 is 0. The van der Waals surface area contributed by atoms with Crippen LogP contribution < -0.4 is 4.72 Å². The topological polar surface area (TPSA) is 46.2 Å². The molecule has 0 saturated carbocycles. The highest BCUT2D eigenvalue weighted by Crippen LogP contribution is 2.33. The van der Waals surface area contributed by atoms with Gasteiger partial charge in [-0.3, -0.25) is 0 Å². The molecule has 1 N–H and O–H groups in total. The lowest BCUT2D eigenvalue weighted by molar-refractivity contribution is 0.492. The standard InChI is InChI=1S/C18H25NO2S/c1-17(2,3)15-11-12-16(14-10-8-7-9-13(14)15)22(20,21)19-18(4,5)6/h7-12,19H,1-6H3. The van der Waals surface area contributed by atoms with Gasteiger partial charge < -0.3 is 0 Å². The first-order valence-corrected chi connectivity index (χ1v) is 8.96. The molecule has 0 atom stereocenters. The van der Waals surface area contributed by atoms with Gasteiger partial charge in [-0.2, -0.15) is 0 Å². The smallest absolute Gasteiger partial charge is 0.207 e. The lowest BCUT2D eigenvalue weighted by Crippen LogP contribution is -2.40. The van der Waals surface area contributed by atoms with Crippen molar-refractivity contribution < 1.29 is 8.42 Å². The Labute approximate surface area is 133 Å². The third-order valence-electron chi connectivity index (χ3n) is 3.42. The van der Waals surface area contributed by atoms with Crippen molar-refractivity contribution in [1.29, 1.82) is 0 Å². The third-order valence-corrected chi connectivity index (χ3v) is 5.24. The molecule has 0 amide bonds. The van der Waals surface area contributed by atoms with Crippen LogP contribution in [0.5, 0.6) is 0 Å². The minimum atomic E-state index is -3.56. The summed E-state index contributed by atoms with van der Waals surface area (Å²) in [4.78, 5) is 0.339. The van der Waals surface area contributed by atoms with Gasteiger partial charge in [0.2, 0.25) is 10.0 Å². The van der Waals surface area contributed by atoms with Crippen LogP contribution in [0.2, 0.25) is 0 Å². The minimum absolute atomic E-state index is 0.0423. The van der Waals surface area contributed by atoms with Crippen LogP contribution in [0.3, 0.4) is 0 Å². The molecule has 0 fully saturated rings. The molecule has 0 bridgehead atoms. The lowest BCUT2D eigenvalue weighted by atomic mass is 9.84. The Kier molecular flexibility index (Phi) is 4.13. The van der Waals surface area contributed by atoms with Gasteiger partial charge >= 0.3 is 0 Å². The fourth-order valence-corrected chi connectivity index (χ4v) is 4.25. The quantitative estimate of drug-likeness (QED) is 0.901. The van der Waals surface area contributed by atoms with E-state index in [-0.39, 0.29) is 5.41 Å². The fourth-order valence-electron chi connectivity index (χ4n) is 2.62. The molecule has 2 rings (SSSR count). The molecule has 2 aromatic carbocycles. The van der Waals surface area contributed by atoms with E-state index >= 15 is 0 Å². The van der Waals surface area contributed by atoms with Crippen LogP contribution in [-0.4, -0.2) is 14.0 Å². The number of hydrogen-bond donors (Lipinski definition) is 1. The van der Waals surface area contributed by atoms with Crippen LogP contribution >= 0.6 is 0 Å². The summed E-state index contributed by atoms with van der Waals surface area (Å²) in [6.07, 6.45) is 0. The zero-order valence-corrected chi connectivity index (χ0v) is 15.0. The van der Waals surface area contributed by atoms with E-state index in [4.69, 9.17) is 0 Å². The van der Waals surface area contributed by atoms with Crippen LogP contribution in [0.25, 0.3) is 10.8 Å². The molecular formula is C18H25NO2S. The second-order valence-electron chi connectivity index (χ2n) is 7.76. The Balaban J connectivity index is 2.74. The van der Waals surface area contributed by atoms with E-state index in [9.17, 15) is 8.42 Å². The Hall–Kier alpha value is -1.39. The molecule has 120 valence electrons. The Morgan fingerprint density at radius 3 is 1.86 bits per heavy atom. The first-order valence-electron chi connectivity index (χ1n) is 7.48. The molecule has 0 aliphatic carbocycles. The van der Waals surface area contributed by atoms with E-state index in [2.05, 4.69) is 25.5 Å². The number of sulfonamides is 1. The van der Waals surface area contributed by atoms with Crippen molar-refractivity contribution >= 4 is 20.8 Å². The highest BCUT2D eigenvalue weighted by atomic mass is 32.2. The zero-order valence-electron chi connectivity index (χ0n) is 14.2. The molecular weight excluding hydrogens is 294 g/mol. The maximum atomic E-state index is 12.7. The number of fused-ring (bicyclic) bond motifs is 1. The Morgan fingerprint density at radius 2 is 1.36 bits per heavy atom. The number of hydrogen-bond acceptors (Lipinski definition) is 2. The maximum Gasteiger partial charge on any atom is 0.241 e. The molecule has 0 aliphatic heterocycles. The number of benzene rings is 2. The summed E-state index contributed by atoms with van der Waals surface area (Å²) in [5, 5.41) is 1.76. The van der Waals surface area contributed by atoms with Gasteiger partial charge in [-0.1, -0.05) is 51.1 Å². The minimum Gasteiger partial charge on any atom is -0.207 e. The number of nitrogens with one attached hydrogen (secondary N) is 1. The van der Waals surface area contributed by atoms with Crippen molar-refractivity contribution in [3.05, 3.63) is 42.0 Å². The molecule has 0 saturated heterocycles. The highest BCUT2D eigenvalue weighted by Gasteiger charge is 2.26. The van der Waals surface area contributed by atoms with Crippen LogP contribution in [-0.2, 0) is 15.4 Å². The Bertz CT molecular complexity index is 794. The third kappa shape index (κ3) is 3.50. The van der Waals surface area contributed by atoms with Gasteiger partial charge in [0.15, 0.2) is 0 Å². The molecule has 3 nitrogen and oxygen atoms in total. The fraction of sp³-hybridized carbons (Fsp3) is 0.444. The van der Waals surface area contributed by atoms with E-state index in [1.807, 2.05) is 51.1 Å². The van der Waals surface area contributed by atoms with E-state index < -0.39 is 15.6 Å². The van der Waals surface area contributed by atoms with Gasteiger partial charge in [-0.15, -0.1) is 0 Å². The lowest BCUT2D eigenvalue weighted by Gasteiger charge is -2.24. The van der Waals surface area contributed by atoms with E-state index in [1.54, 1.807) is 6.07 Å². The van der Waals surface area contributed by atoms with Crippen LogP contribution in [0.4, 0.5) is 0 Å². The van der Waals surface area contributed by atoms with Gasteiger partial charge in [0.25, 0.3) is 0 Å². The van der Waals surface area contributed by atoms with Crippen molar-refractivity contribution in [1.82, 2.24) is 4.72 Å². The first kappa shape index (κ1) is 17.0. The first-order chi connectivity index (χ1) is 9.92. The second-order valence-corrected chi connectivity index (χ2v) is 9.41. The van der Waals surface area contributed by atoms with Gasteiger partial charge in [0.1, 0.15) is 0 Å². The molecule has 4 heteroatoms. The summed E-state index contributed by atoms with van der Waals surface area (Å²) in [7, 11) is -3.56. The molecule has 0 aliphatic rings. The van der Waals surface area contributed by atoms with Gasteiger partial charge in [0.05, 0.1) is 4.90 Å². The van der Waals surface area contributed by atoms with Crippen molar-refractivity contribution in [3.8, 4) is 0 Å². The highest BCUT2D eigenvalue weighted by molar-refractivity contribution is 7.89. The molecule has 0 unspecified atom stereocenters. The number of rotatable bonds is 2.